The first kappa shape index (κ1) is 23.7. The number of nitro groups is 1. The van der Waals surface area contributed by atoms with Gasteiger partial charge in [-0.1, -0.05) is 0 Å². The van der Waals surface area contributed by atoms with Gasteiger partial charge in [-0.15, -0.1) is 0 Å². The van der Waals surface area contributed by atoms with Crippen LogP contribution in [0.3, 0.4) is 0 Å². The Bertz CT molecular complexity index is 741. The van der Waals surface area contributed by atoms with Crippen molar-refractivity contribution in [2.45, 2.75) is 52.0 Å². The lowest BCUT2D eigenvalue weighted by Gasteiger charge is -2.25. The highest BCUT2D eigenvalue weighted by molar-refractivity contribution is 5.82. The summed E-state index contributed by atoms with van der Waals surface area (Å²) in [5.41, 5.74) is -0.398. The van der Waals surface area contributed by atoms with Gasteiger partial charge < -0.3 is 24.3 Å². The Morgan fingerprint density at radius 3 is 2.24 bits per heavy atom. The van der Waals surface area contributed by atoms with E-state index in [0.29, 0.717) is 5.56 Å². The lowest BCUT2D eigenvalue weighted by Crippen LogP contribution is -2.50. The molecule has 1 amide bonds. The van der Waals surface area contributed by atoms with E-state index in [1.54, 1.807) is 20.8 Å². The van der Waals surface area contributed by atoms with Gasteiger partial charge in [0.05, 0.1) is 12.0 Å². The van der Waals surface area contributed by atoms with E-state index in [1.165, 1.54) is 31.2 Å². The number of alkyl carbamates (subject to hydrolysis) is 1. The van der Waals surface area contributed by atoms with Gasteiger partial charge in [0, 0.05) is 12.1 Å². The van der Waals surface area contributed by atoms with Gasteiger partial charge in [0.15, 0.2) is 6.04 Å². The Kier molecular flexibility index (Phi) is 8.37. The molecule has 0 aliphatic heterocycles. The Hall–Kier alpha value is -3.37. The number of hydrogen-bond donors (Lipinski definition) is 1. The Morgan fingerprint density at radius 2 is 1.76 bits per heavy atom. The van der Waals surface area contributed by atoms with Crippen molar-refractivity contribution in [3.8, 4) is 0 Å². The molecule has 0 aliphatic rings. The van der Waals surface area contributed by atoms with E-state index in [1.807, 2.05) is 0 Å². The minimum absolute atomic E-state index is 0.0999. The predicted molar refractivity (Wildman–Crippen MR) is 99.0 cm³/mol. The van der Waals surface area contributed by atoms with E-state index in [9.17, 15) is 24.5 Å². The van der Waals surface area contributed by atoms with Crippen molar-refractivity contribution < 1.29 is 38.3 Å². The maximum absolute atomic E-state index is 12.0. The largest absolute Gasteiger partial charge is 0.509 e. The van der Waals surface area contributed by atoms with Crippen LogP contribution in [0.5, 0.6) is 0 Å². The number of carbonyl (C=O) groups excluding carboxylic acids is 3. The van der Waals surface area contributed by atoms with Crippen molar-refractivity contribution in [2.24, 2.45) is 0 Å². The van der Waals surface area contributed by atoms with Crippen molar-refractivity contribution in [1.29, 1.82) is 0 Å². The Labute approximate surface area is 167 Å². The van der Waals surface area contributed by atoms with Crippen LogP contribution in [0.15, 0.2) is 24.3 Å². The van der Waals surface area contributed by atoms with E-state index in [2.05, 4.69) is 10.1 Å². The summed E-state index contributed by atoms with van der Waals surface area (Å²) < 4.78 is 19.6. The number of amides is 1. The molecule has 0 aliphatic carbocycles. The molecule has 0 unspecified atom stereocenters. The van der Waals surface area contributed by atoms with Gasteiger partial charge in [0.1, 0.15) is 18.3 Å². The van der Waals surface area contributed by atoms with Gasteiger partial charge in [-0.05, 0) is 45.4 Å². The van der Waals surface area contributed by atoms with Gasteiger partial charge in [-0.25, -0.2) is 14.4 Å². The smallest absolute Gasteiger partial charge is 0.467 e. The molecule has 0 bridgehead atoms. The Balaban J connectivity index is 2.67. The normalized spacial score (nSPS) is 12.9. The van der Waals surface area contributed by atoms with Crippen LogP contribution in [0.4, 0.5) is 15.3 Å². The van der Waals surface area contributed by atoms with Gasteiger partial charge in [0.2, 0.25) is 0 Å². The zero-order valence-corrected chi connectivity index (χ0v) is 16.8. The molecule has 29 heavy (non-hydrogen) atoms. The van der Waals surface area contributed by atoms with Crippen molar-refractivity contribution in [3.05, 3.63) is 39.9 Å². The summed E-state index contributed by atoms with van der Waals surface area (Å²) in [6.07, 6.45) is -3.09. The fourth-order valence-electron chi connectivity index (χ4n) is 2.02. The summed E-state index contributed by atoms with van der Waals surface area (Å²) in [6.45, 7) is 6.11. The lowest BCUT2D eigenvalue weighted by molar-refractivity contribution is -0.384. The molecule has 11 heteroatoms. The summed E-state index contributed by atoms with van der Waals surface area (Å²) in [6, 6.07) is 4.06. The monoisotopic (exact) mass is 412 g/mol. The highest BCUT2D eigenvalue weighted by Crippen LogP contribution is 2.13. The number of nitrogens with zero attached hydrogens (tertiary/aromatic N) is 1. The number of nitro benzene ring substituents is 1. The van der Waals surface area contributed by atoms with Crippen LogP contribution in [-0.4, -0.2) is 48.0 Å². The summed E-state index contributed by atoms with van der Waals surface area (Å²) >= 11 is 0. The third kappa shape index (κ3) is 8.45. The fraction of sp³-hybridized carbons (Fsp3) is 0.500. The molecule has 2 atom stereocenters. The van der Waals surface area contributed by atoms with Crippen LogP contribution in [0.2, 0.25) is 0 Å². The second kappa shape index (κ2) is 10.2. The zero-order valence-electron chi connectivity index (χ0n) is 16.8. The highest BCUT2D eigenvalue weighted by atomic mass is 16.7. The third-order valence-corrected chi connectivity index (χ3v) is 3.39. The molecular formula is C18H24N2O9. The number of benzene rings is 1. The second-order valence-electron chi connectivity index (χ2n) is 6.93. The van der Waals surface area contributed by atoms with Gasteiger partial charge in [0.25, 0.3) is 5.69 Å². The maximum atomic E-state index is 12.0. The number of nitrogens with one attached hydrogen (secondary N) is 1. The molecule has 0 spiro atoms. The van der Waals surface area contributed by atoms with E-state index >= 15 is 0 Å². The molecule has 1 aromatic carbocycles. The minimum atomic E-state index is -1.34. The zero-order chi connectivity index (χ0) is 22.2. The van der Waals surface area contributed by atoms with Crippen molar-refractivity contribution >= 4 is 23.9 Å². The standard InChI is InChI=1S/C18H24N2O9/c1-11(28-17(23)29-18(2,3)4)14(15(21)26-5)19-16(22)27-10-12-6-8-13(9-7-12)20(24)25/h6-9,11,14H,10H2,1-5H3,(H,19,22)/t11-,14+/m1/s1. The van der Waals surface area contributed by atoms with Gasteiger partial charge in [-0.3, -0.25) is 10.1 Å². The van der Waals surface area contributed by atoms with Crippen LogP contribution in [0.1, 0.15) is 33.3 Å². The molecule has 0 saturated heterocycles. The van der Waals surface area contributed by atoms with Gasteiger partial charge in [-0.2, -0.15) is 0 Å². The van der Waals surface area contributed by atoms with Crippen LogP contribution < -0.4 is 5.32 Å². The summed E-state index contributed by atoms with van der Waals surface area (Å²) in [7, 11) is 1.11. The molecule has 1 N–H and O–H groups in total. The molecule has 1 rings (SSSR count). The lowest BCUT2D eigenvalue weighted by atomic mass is 10.2. The SMILES string of the molecule is COC(=O)[C@@H](NC(=O)OCc1ccc([N+](=O)[O-])cc1)[C@@H](C)OC(=O)OC(C)(C)C. The van der Waals surface area contributed by atoms with E-state index < -0.39 is 40.9 Å². The van der Waals surface area contributed by atoms with Crippen LogP contribution in [-0.2, 0) is 30.3 Å². The first-order valence-corrected chi connectivity index (χ1v) is 8.57. The van der Waals surface area contributed by atoms with E-state index in [-0.39, 0.29) is 12.3 Å². The van der Waals surface area contributed by atoms with E-state index in [0.717, 1.165) is 7.11 Å². The quantitative estimate of drug-likeness (QED) is 0.309. The van der Waals surface area contributed by atoms with Crippen LogP contribution in [0, 0.1) is 10.1 Å². The molecule has 0 heterocycles. The molecule has 0 aromatic heterocycles. The minimum Gasteiger partial charge on any atom is -0.467 e. The number of methoxy groups -OCH3 is 1. The van der Waals surface area contributed by atoms with Crippen molar-refractivity contribution in [3.63, 3.8) is 0 Å². The summed E-state index contributed by atoms with van der Waals surface area (Å²) in [4.78, 5) is 45.8. The number of rotatable bonds is 7. The molecule has 11 nitrogen and oxygen atoms in total. The molecular weight excluding hydrogens is 388 g/mol. The van der Waals surface area contributed by atoms with Crippen molar-refractivity contribution in [2.75, 3.05) is 7.11 Å². The molecule has 160 valence electrons. The first-order chi connectivity index (χ1) is 13.4. The van der Waals surface area contributed by atoms with Crippen molar-refractivity contribution in [1.82, 2.24) is 5.32 Å². The summed E-state index contributed by atoms with van der Waals surface area (Å²) in [5, 5.41) is 12.9. The van der Waals surface area contributed by atoms with E-state index in [4.69, 9.17) is 14.2 Å². The third-order valence-electron chi connectivity index (χ3n) is 3.39. The van der Waals surface area contributed by atoms with Gasteiger partial charge >= 0.3 is 18.2 Å². The number of hydrogen-bond acceptors (Lipinski definition) is 9. The number of esters is 1. The molecule has 0 radical (unpaired) electrons. The molecule has 0 saturated carbocycles. The second-order valence-corrected chi connectivity index (χ2v) is 6.93. The highest BCUT2D eigenvalue weighted by Gasteiger charge is 2.32. The van der Waals surface area contributed by atoms with Crippen LogP contribution >= 0.6 is 0 Å². The predicted octanol–water partition coefficient (Wildman–Crippen LogP) is 2.70. The number of ether oxygens (including phenoxy) is 4. The number of non-ortho nitro benzene ring substituents is 1. The average molecular weight is 412 g/mol. The molecule has 0 fully saturated rings. The fourth-order valence-corrected chi connectivity index (χ4v) is 2.02. The number of carbonyl (C=O) groups is 3. The summed E-state index contributed by atoms with van der Waals surface area (Å²) in [5.74, 6) is -0.853. The topological polar surface area (TPSA) is 143 Å². The van der Waals surface area contributed by atoms with Crippen LogP contribution in [0.25, 0.3) is 0 Å². The Morgan fingerprint density at radius 1 is 1.17 bits per heavy atom. The maximum Gasteiger partial charge on any atom is 0.509 e. The average Bonchev–Trinajstić information content (AvgIpc) is 2.62. The molecule has 1 aromatic rings. The first-order valence-electron chi connectivity index (χ1n) is 8.57.